The van der Waals surface area contributed by atoms with Gasteiger partial charge in [-0.15, -0.1) is 11.3 Å². The van der Waals surface area contributed by atoms with Crippen molar-refractivity contribution in [3.63, 3.8) is 0 Å². The zero-order valence-corrected chi connectivity index (χ0v) is 12.0. The molecule has 3 nitrogen and oxygen atoms in total. The maximum Gasteiger partial charge on any atom is 0.101 e. The van der Waals surface area contributed by atoms with Crippen molar-refractivity contribution in [1.29, 1.82) is 5.26 Å². The van der Waals surface area contributed by atoms with E-state index < -0.39 is 0 Å². The Morgan fingerprint density at radius 3 is 2.78 bits per heavy atom. The summed E-state index contributed by atoms with van der Waals surface area (Å²) in [5.74, 6) is 0. The van der Waals surface area contributed by atoms with E-state index in [1.807, 2.05) is 6.07 Å². The molecule has 0 saturated heterocycles. The molecule has 0 aliphatic carbocycles. The highest BCUT2D eigenvalue weighted by Crippen LogP contribution is 2.22. The summed E-state index contributed by atoms with van der Waals surface area (Å²) >= 11 is 5.19. The highest BCUT2D eigenvalue weighted by molar-refractivity contribution is 9.11. The predicted octanol–water partition coefficient (Wildman–Crippen LogP) is 3.62. The van der Waals surface area contributed by atoms with Crippen molar-refractivity contribution in [2.24, 2.45) is 0 Å². The van der Waals surface area contributed by atoms with Gasteiger partial charge in [0.25, 0.3) is 0 Å². The first-order chi connectivity index (χ1) is 8.69. The minimum atomic E-state index is 0.515. The SMILES string of the molecule is N#Cc1ccc(NCCc2ccc(Br)s2)cc1N. The third-order valence-corrected chi connectivity index (χ3v) is 4.18. The number of rotatable bonds is 4. The van der Waals surface area contributed by atoms with Gasteiger partial charge in [0.05, 0.1) is 15.0 Å². The molecule has 0 saturated carbocycles. The Balaban J connectivity index is 1.91. The molecule has 0 aliphatic heterocycles. The predicted molar refractivity (Wildman–Crippen MR) is 79.8 cm³/mol. The van der Waals surface area contributed by atoms with Gasteiger partial charge in [0.2, 0.25) is 0 Å². The second-order valence-electron chi connectivity index (χ2n) is 3.80. The largest absolute Gasteiger partial charge is 0.398 e. The number of nitrogens with one attached hydrogen (secondary N) is 1. The summed E-state index contributed by atoms with van der Waals surface area (Å²) in [7, 11) is 0. The maximum atomic E-state index is 8.78. The molecule has 1 heterocycles. The first kappa shape index (κ1) is 12.9. The summed E-state index contributed by atoms with van der Waals surface area (Å²) in [5.41, 5.74) is 7.73. The molecular weight excluding hydrogens is 310 g/mol. The van der Waals surface area contributed by atoms with Crippen LogP contribution in [0.15, 0.2) is 34.1 Å². The van der Waals surface area contributed by atoms with E-state index in [4.69, 9.17) is 11.0 Å². The number of benzene rings is 1. The van der Waals surface area contributed by atoms with Crippen molar-refractivity contribution in [3.8, 4) is 6.07 Å². The lowest BCUT2D eigenvalue weighted by Crippen LogP contribution is -2.04. The van der Waals surface area contributed by atoms with Crippen LogP contribution in [0.1, 0.15) is 10.4 Å². The van der Waals surface area contributed by atoms with Crippen LogP contribution in [0.2, 0.25) is 0 Å². The lowest BCUT2D eigenvalue weighted by Gasteiger charge is -2.07. The molecular formula is C13H12BrN3S. The molecule has 2 rings (SSSR count). The maximum absolute atomic E-state index is 8.78. The molecule has 0 amide bonds. The van der Waals surface area contributed by atoms with Crippen LogP contribution in [0, 0.1) is 11.3 Å². The Kier molecular flexibility index (Phi) is 4.24. The average molecular weight is 322 g/mol. The first-order valence-electron chi connectivity index (χ1n) is 5.47. The van der Waals surface area contributed by atoms with Crippen molar-refractivity contribution in [2.75, 3.05) is 17.6 Å². The fourth-order valence-electron chi connectivity index (χ4n) is 1.59. The van der Waals surface area contributed by atoms with Gasteiger partial charge in [-0.25, -0.2) is 0 Å². The molecule has 92 valence electrons. The van der Waals surface area contributed by atoms with Gasteiger partial charge in [0.1, 0.15) is 6.07 Å². The molecule has 1 aromatic carbocycles. The molecule has 18 heavy (non-hydrogen) atoms. The Labute approximate surface area is 118 Å². The van der Waals surface area contributed by atoms with Gasteiger partial charge >= 0.3 is 0 Å². The molecule has 2 aromatic rings. The minimum Gasteiger partial charge on any atom is -0.398 e. The van der Waals surface area contributed by atoms with E-state index in [1.54, 1.807) is 23.5 Å². The second-order valence-corrected chi connectivity index (χ2v) is 6.34. The van der Waals surface area contributed by atoms with Crippen LogP contribution in [0.4, 0.5) is 11.4 Å². The Hall–Kier alpha value is -1.51. The number of hydrogen-bond donors (Lipinski definition) is 2. The number of hydrogen-bond acceptors (Lipinski definition) is 4. The normalized spacial score (nSPS) is 10.0. The number of nitrogen functional groups attached to an aromatic ring is 1. The van der Waals surface area contributed by atoms with E-state index in [0.29, 0.717) is 11.3 Å². The van der Waals surface area contributed by atoms with E-state index in [0.717, 1.165) is 22.4 Å². The summed E-state index contributed by atoms with van der Waals surface area (Å²) in [4.78, 5) is 1.33. The number of nitrogens with zero attached hydrogens (tertiary/aromatic N) is 1. The number of nitriles is 1. The van der Waals surface area contributed by atoms with Crippen LogP contribution in [-0.4, -0.2) is 6.54 Å². The topological polar surface area (TPSA) is 61.8 Å². The van der Waals surface area contributed by atoms with E-state index in [-0.39, 0.29) is 0 Å². The standard InChI is InChI=1S/C13H12BrN3S/c14-13-4-3-11(18-13)5-6-17-10-2-1-9(8-15)12(16)7-10/h1-4,7,17H,5-6,16H2. The smallest absolute Gasteiger partial charge is 0.101 e. The number of thiophene rings is 1. The van der Waals surface area contributed by atoms with Gasteiger partial charge in [0.15, 0.2) is 0 Å². The van der Waals surface area contributed by atoms with Gasteiger partial charge in [-0.05, 0) is 52.7 Å². The summed E-state index contributed by atoms with van der Waals surface area (Å²) < 4.78 is 1.15. The van der Waals surface area contributed by atoms with Crippen LogP contribution in [0.5, 0.6) is 0 Å². The quantitative estimate of drug-likeness (QED) is 0.845. The summed E-state index contributed by atoms with van der Waals surface area (Å²) in [6, 6.07) is 11.6. The molecule has 5 heteroatoms. The average Bonchev–Trinajstić information content (AvgIpc) is 2.75. The van der Waals surface area contributed by atoms with E-state index in [9.17, 15) is 0 Å². The van der Waals surface area contributed by atoms with Crippen molar-refractivity contribution >= 4 is 38.6 Å². The van der Waals surface area contributed by atoms with Crippen LogP contribution in [-0.2, 0) is 6.42 Å². The zero-order chi connectivity index (χ0) is 13.0. The molecule has 0 radical (unpaired) electrons. The van der Waals surface area contributed by atoms with Gasteiger partial charge < -0.3 is 11.1 Å². The molecule has 0 bridgehead atoms. The van der Waals surface area contributed by atoms with Crippen molar-refractivity contribution in [2.45, 2.75) is 6.42 Å². The fourth-order valence-corrected chi connectivity index (χ4v) is 3.07. The number of halogens is 1. The fraction of sp³-hybridized carbons (Fsp3) is 0.154. The first-order valence-corrected chi connectivity index (χ1v) is 7.07. The van der Waals surface area contributed by atoms with E-state index in [1.165, 1.54) is 4.88 Å². The van der Waals surface area contributed by atoms with Gasteiger partial charge in [-0.1, -0.05) is 0 Å². The number of nitrogens with two attached hydrogens (primary N) is 1. The van der Waals surface area contributed by atoms with Crippen LogP contribution in [0.25, 0.3) is 0 Å². The van der Waals surface area contributed by atoms with E-state index >= 15 is 0 Å². The zero-order valence-electron chi connectivity index (χ0n) is 9.61. The molecule has 0 spiro atoms. The van der Waals surface area contributed by atoms with Gasteiger partial charge in [-0.2, -0.15) is 5.26 Å². The van der Waals surface area contributed by atoms with Crippen LogP contribution >= 0.6 is 27.3 Å². The minimum absolute atomic E-state index is 0.515. The molecule has 0 unspecified atom stereocenters. The summed E-state index contributed by atoms with van der Waals surface area (Å²) in [5, 5.41) is 12.1. The van der Waals surface area contributed by atoms with Crippen molar-refractivity contribution in [1.82, 2.24) is 0 Å². The lowest BCUT2D eigenvalue weighted by atomic mass is 10.2. The monoisotopic (exact) mass is 321 g/mol. The van der Waals surface area contributed by atoms with Crippen LogP contribution < -0.4 is 11.1 Å². The van der Waals surface area contributed by atoms with Crippen LogP contribution in [0.3, 0.4) is 0 Å². The Morgan fingerprint density at radius 1 is 1.33 bits per heavy atom. The summed E-state index contributed by atoms with van der Waals surface area (Å²) in [6.45, 7) is 0.846. The van der Waals surface area contributed by atoms with Gasteiger partial charge in [-0.3, -0.25) is 0 Å². The second kappa shape index (κ2) is 5.89. The third kappa shape index (κ3) is 3.25. The number of anilines is 2. The molecule has 0 aliphatic rings. The van der Waals surface area contributed by atoms with Crippen molar-refractivity contribution in [3.05, 3.63) is 44.6 Å². The molecule has 0 fully saturated rings. The molecule has 0 atom stereocenters. The summed E-state index contributed by atoms with van der Waals surface area (Å²) in [6.07, 6.45) is 0.968. The molecule has 1 aromatic heterocycles. The lowest BCUT2D eigenvalue weighted by molar-refractivity contribution is 1.04. The Morgan fingerprint density at radius 2 is 2.17 bits per heavy atom. The third-order valence-electron chi connectivity index (χ3n) is 2.50. The van der Waals surface area contributed by atoms with Gasteiger partial charge in [0, 0.05) is 17.1 Å². The van der Waals surface area contributed by atoms with E-state index in [2.05, 4.69) is 39.4 Å². The highest BCUT2D eigenvalue weighted by Gasteiger charge is 2.01. The Bertz CT molecular complexity index is 586. The van der Waals surface area contributed by atoms with Crippen molar-refractivity contribution < 1.29 is 0 Å². The molecule has 3 N–H and O–H groups in total. The highest BCUT2D eigenvalue weighted by atomic mass is 79.9.